The Morgan fingerprint density at radius 2 is 1.53 bits per heavy atom. The number of fused-ring (bicyclic) bond motifs is 4. The molecule has 6 aliphatic rings. The minimum atomic E-state index is -1.02. The third kappa shape index (κ3) is 2.24. The van der Waals surface area contributed by atoms with Gasteiger partial charge in [-0.15, -0.1) is 0 Å². The number of esters is 1. The Morgan fingerprint density at radius 1 is 0.853 bits per heavy atom. The molecule has 8 atom stereocenters. The first-order valence-electron chi connectivity index (χ1n) is 13.8. The fourth-order valence-electron chi connectivity index (χ4n) is 10.8. The van der Waals surface area contributed by atoms with Crippen LogP contribution in [0.3, 0.4) is 0 Å². The van der Waals surface area contributed by atoms with Crippen molar-refractivity contribution in [2.75, 3.05) is 0 Å². The average molecular weight is 469 g/mol. The molecule has 188 valence electrons. The van der Waals surface area contributed by atoms with Crippen LogP contribution in [-0.2, 0) is 14.3 Å². The molecule has 1 heterocycles. The molecule has 0 amide bonds. The predicted molar refractivity (Wildman–Crippen MR) is 131 cm³/mol. The number of aliphatic hydroxyl groups excluding tert-OH is 1. The first-order chi connectivity index (χ1) is 15.6. The summed E-state index contributed by atoms with van der Waals surface area (Å²) in [6, 6.07) is 0. The molecule has 4 heteroatoms. The fraction of sp³-hybridized carbons (Fsp3) is 0.867. The van der Waals surface area contributed by atoms with Crippen molar-refractivity contribution < 1.29 is 19.4 Å². The van der Waals surface area contributed by atoms with E-state index in [9.17, 15) is 14.7 Å². The maximum atomic E-state index is 14.5. The van der Waals surface area contributed by atoms with Gasteiger partial charge in [0.1, 0.15) is 0 Å². The van der Waals surface area contributed by atoms with Crippen molar-refractivity contribution in [1.29, 1.82) is 0 Å². The molecular weight excluding hydrogens is 424 g/mol. The van der Waals surface area contributed by atoms with Crippen LogP contribution >= 0.6 is 0 Å². The largest absolute Gasteiger partial charge is 0.449 e. The molecule has 0 aromatic rings. The lowest BCUT2D eigenvalue weighted by Crippen LogP contribution is -2.71. The van der Waals surface area contributed by atoms with E-state index in [1.165, 1.54) is 5.57 Å². The Hall–Kier alpha value is -1.16. The van der Waals surface area contributed by atoms with Crippen molar-refractivity contribution >= 4 is 11.8 Å². The molecule has 1 spiro atoms. The number of hydrogen-bond acceptors (Lipinski definition) is 4. The molecule has 1 aliphatic heterocycles. The Bertz CT molecular complexity index is 1020. The monoisotopic (exact) mass is 468 g/mol. The summed E-state index contributed by atoms with van der Waals surface area (Å²) in [7, 11) is 0. The van der Waals surface area contributed by atoms with Crippen molar-refractivity contribution in [1.82, 2.24) is 0 Å². The summed E-state index contributed by atoms with van der Waals surface area (Å²) in [5.41, 5.74) is -0.963. The van der Waals surface area contributed by atoms with Crippen LogP contribution in [0.5, 0.6) is 0 Å². The maximum Gasteiger partial charge on any atom is 0.313 e. The molecule has 0 aromatic heterocycles. The summed E-state index contributed by atoms with van der Waals surface area (Å²) in [5.74, 6) is 0.293. The lowest BCUT2D eigenvalue weighted by molar-refractivity contribution is -0.212. The Morgan fingerprint density at radius 3 is 2.24 bits per heavy atom. The average Bonchev–Trinajstić information content (AvgIpc) is 2.93. The van der Waals surface area contributed by atoms with Gasteiger partial charge in [0.2, 0.25) is 0 Å². The summed E-state index contributed by atoms with van der Waals surface area (Å²) in [5, 5.41) is 10.9. The molecular formula is C30H44O4. The predicted octanol–water partition coefficient (Wildman–Crippen LogP) is 6.01. The zero-order valence-electron chi connectivity index (χ0n) is 22.3. The highest BCUT2D eigenvalue weighted by molar-refractivity contribution is 6.05. The van der Waals surface area contributed by atoms with E-state index in [-0.39, 0.29) is 45.4 Å². The van der Waals surface area contributed by atoms with Gasteiger partial charge >= 0.3 is 5.97 Å². The van der Waals surface area contributed by atoms with Gasteiger partial charge in [0.25, 0.3) is 0 Å². The van der Waals surface area contributed by atoms with Gasteiger partial charge in [0.15, 0.2) is 11.4 Å². The van der Waals surface area contributed by atoms with Gasteiger partial charge in [-0.2, -0.15) is 0 Å². The second-order valence-corrected chi connectivity index (χ2v) is 15.2. The number of carbonyl (C=O) groups is 2. The van der Waals surface area contributed by atoms with E-state index < -0.39 is 16.4 Å². The second kappa shape index (κ2) is 6.21. The molecule has 0 aromatic carbocycles. The van der Waals surface area contributed by atoms with Crippen LogP contribution in [0.2, 0.25) is 0 Å². The Balaban J connectivity index is 1.55. The van der Waals surface area contributed by atoms with Crippen LogP contribution in [0.4, 0.5) is 0 Å². The first kappa shape index (κ1) is 23.3. The van der Waals surface area contributed by atoms with Gasteiger partial charge in [0.05, 0.1) is 11.5 Å². The number of aliphatic hydroxyl groups is 1. The molecule has 0 radical (unpaired) electrons. The Labute approximate surface area is 205 Å². The summed E-state index contributed by atoms with van der Waals surface area (Å²) >= 11 is 0. The highest BCUT2D eigenvalue weighted by Crippen LogP contribution is 2.78. The van der Waals surface area contributed by atoms with E-state index in [2.05, 4.69) is 48.5 Å². The minimum Gasteiger partial charge on any atom is -0.449 e. The SMILES string of the molecule is CC1(C)CC[C@@]23CC[C@@]4(C)[C@]5(C)CC[C@H]6C(C)(C)[C@@H](O)CC[C@]6(C)C5=CC(=O)[C@]4(OC2=O)[C@@H]3C1. The number of ether oxygens (including phenoxy) is 1. The number of rotatable bonds is 0. The summed E-state index contributed by atoms with van der Waals surface area (Å²) in [4.78, 5) is 28.1. The molecule has 4 saturated carbocycles. The van der Waals surface area contributed by atoms with Crippen LogP contribution in [0.25, 0.3) is 0 Å². The molecule has 6 rings (SSSR count). The quantitative estimate of drug-likeness (QED) is 0.442. The molecule has 5 fully saturated rings. The molecule has 1 N–H and O–H groups in total. The minimum absolute atomic E-state index is 0.0210. The molecule has 4 nitrogen and oxygen atoms in total. The smallest absolute Gasteiger partial charge is 0.313 e. The van der Waals surface area contributed by atoms with Gasteiger partial charge in [0, 0.05) is 11.3 Å². The summed E-state index contributed by atoms with van der Waals surface area (Å²) in [6.45, 7) is 16.1. The number of hydrogen-bond donors (Lipinski definition) is 1. The summed E-state index contributed by atoms with van der Waals surface area (Å²) < 4.78 is 6.49. The topological polar surface area (TPSA) is 63.6 Å². The van der Waals surface area contributed by atoms with Gasteiger partial charge in [-0.25, -0.2) is 0 Å². The van der Waals surface area contributed by atoms with E-state index in [1.807, 2.05) is 6.08 Å². The van der Waals surface area contributed by atoms with Crippen LogP contribution in [0.15, 0.2) is 11.6 Å². The lowest BCUT2D eigenvalue weighted by atomic mass is 9.33. The number of carbonyl (C=O) groups excluding carboxylic acids is 2. The maximum absolute atomic E-state index is 14.5. The van der Waals surface area contributed by atoms with Crippen LogP contribution in [-0.4, -0.2) is 28.6 Å². The molecule has 2 bridgehead atoms. The van der Waals surface area contributed by atoms with E-state index in [0.29, 0.717) is 5.92 Å². The van der Waals surface area contributed by atoms with Crippen molar-refractivity contribution in [3.05, 3.63) is 11.6 Å². The molecule has 1 saturated heterocycles. The van der Waals surface area contributed by atoms with E-state index >= 15 is 0 Å². The van der Waals surface area contributed by atoms with E-state index in [0.717, 1.165) is 57.8 Å². The third-order valence-corrected chi connectivity index (χ3v) is 13.2. The van der Waals surface area contributed by atoms with E-state index in [4.69, 9.17) is 4.74 Å². The highest BCUT2D eigenvalue weighted by atomic mass is 16.6. The zero-order chi connectivity index (χ0) is 24.7. The molecule has 0 unspecified atom stereocenters. The second-order valence-electron chi connectivity index (χ2n) is 15.2. The van der Waals surface area contributed by atoms with Gasteiger partial charge < -0.3 is 9.84 Å². The number of ketones is 1. The van der Waals surface area contributed by atoms with Crippen molar-refractivity contribution in [2.45, 2.75) is 118 Å². The lowest BCUT2D eigenvalue weighted by Gasteiger charge is -2.70. The number of allylic oxidation sites excluding steroid dienone is 1. The van der Waals surface area contributed by atoms with Crippen molar-refractivity contribution in [3.63, 3.8) is 0 Å². The van der Waals surface area contributed by atoms with Gasteiger partial charge in [-0.3, -0.25) is 9.59 Å². The molecule has 34 heavy (non-hydrogen) atoms. The third-order valence-electron chi connectivity index (χ3n) is 13.2. The molecule has 5 aliphatic carbocycles. The Kier molecular flexibility index (Phi) is 4.25. The van der Waals surface area contributed by atoms with Gasteiger partial charge in [-0.05, 0) is 91.4 Å². The zero-order valence-corrected chi connectivity index (χ0v) is 22.3. The fourth-order valence-corrected chi connectivity index (χ4v) is 10.8. The van der Waals surface area contributed by atoms with Crippen molar-refractivity contribution in [3.8, 4) is 0 Å². The van der Waals surface area contributed by atoms with E-state index in [1.54, 1.807) is 0 Å². The van der Waals surface area contributed by atoms with Crippen LogP contribution in [0.1, 0.15) is 106 Å². The van der Waals surface area contributed by atoms with Crippen LogP contribution < -0.4 is 0 Å². The first-order valence-corrected chi connectivity index (χ1v) is 13.8. The van der Waals surface area contributed by atoms with Crippen molar-refractivity contribution in [2.24, 2.45) is 44.3 Å². The van der Waals surface area contributed by atoms with Gasteiger partial charge in [-0.1, -0.05) is 54.0 Å². The normalized spacial score (nSPS) is 54.7. The van der Waals surface area contributed by atoms with Crippen LogP contribution in [0, 0.1) is 44.3 Å². The highest BCUT2D eigenvalue weighted by Gasteiger charge is 2.82. The summed E-state index contributed by atoms with van der Waals surface area (Å²) in [6.07, 6.45) is 9.89. The standard InChI is InChI=1S/C30H44O4/c1-24(2)12-14-29-15-13-28(7)27(6)11-8-18-25(3,4)21(31)9-10-26(18,5)19(27)16-22(32)30(28,20(29)17-24)34-23(29)33/h16,18,20-21,31H,8-15,17H2,1-7H3/t18-,20+,21-,26-,27+,28-,29-,30+/m0/s1.